The van der Waals surface area contributed by atoms with Gasteiger partial charge >= 0.3 is 0 Å². The minimum atomic E-state index is -0.0750. The summed E-state index contributed by atoms with van der Waals surface area (Å²) in [6.45, 7) is 3.44. The molecule has 3 rings (SSSR count). The van der Waals surface area contributed by atoms with Crippen LogP contribution in [-0.2, 0) is 9.53 Å². The zero-order valence-corrected chi connectivity index (χ0v) is 16.5. The number of likely N-dealkylation sites (tertiary alicyclic amines) is 1. The third kappa shape index (κ3) is 4.93. The number of ether oxygens (including phenoxy) is 2. The number of carbonyl (C=O) groups excluding carboxylic acids is 2. The summed E-state index contributed by atoms with van der Waals surface area (Å²) >= 11 is 6.12. The number of nitrogens with zero attached hydrogens (tertiary/aromatic N) is 2. The summed E-state index contributed by atoms with van der Waals surface area (Å²) in [6.07, 6.45) is 3.97. The van der Waals surface area contributed by atoms with E-state index in [0.29, 0.717) is 49.1 Å². The van der Waals surface area contributed by atoms with Crippen molar-refractivity contribution in [2.45, 2.75) is 38.1 Å². The molecule has 1 aromatic carbocycles. The van der Waals surface area contributed by atoms with Gasteiger partial charge in [-0.1, -0.05) is 11.6 Å². The van der Waals surface area contributed by atoms with E-state index in [0.717, 1.165) is 32.2 Å². The van der Waals surface area contributed by atoms with Gasteiger partial charge < -0.3 is 19.3 Å². The molecule has 0 spiro atoms. The first kappa shape index (κ1) is 20.0. The third-order valence-corrected chi connectivity index (χ3v) is 5.52. The molecule has 0 saturated carbocycles. The van der Waals surface area contributed by atoms with E-state index >= 15 is 0 Å². The van der Waals surface area contributed by atoms with Gasteiger partial charge in [0.2, 0.25) is 5.91 Å². The average molecular weight is 395 g/mol. The monoisotopic (exact) mass is 394 g/mol. The number of rotatable bonds is 7. The highest BCUT2D eigenvalue weighted by molar-refractivity contribution is 6.31. The van der Waals surface area contributed by atoms with Crippen molar-refractivity contribution in [1.82, 2.24) is 9.80 Å². The van der Waals surface area contributed by atoms with Gasteiger partial charge in [0, 0.05) is 50.3 Å². The van der Waals surface area contributed by atoms with Crippen molar-refractivity contribution >= 4 is 23.4 Å². The maximum atomic E-state index is 13.3. The van der Waals surface area contributed by atoms with E-state index in [9.17, 15) is 9.59 Å². The van der Waals surface area contributed by atoms with Crippen LogP contribution in [0.5, 0.6) is 5.75 Å². The SMILES string of the molecule is COc1ccc(Cl)cc1C(=O)N(CCCN1CCCC1=O)C1CCOCC1. The normalized spacial score (nSPS) is 18.0. The van der Waals surface area contributed by atoms with Crippen molar-refractivity contribution in [2.75, 3.05) is 40.0 Å². The van der Waals surface area contributed by atoms with Crippen molar-refractivity contribution < 1.29 is 19.1 Å². The smallest absolute Gasteiger partial charge is 0.257 e. The molecule has 0 unspecified atom stereocenters. The maximum Gasteiger partial charge on any atom is 0.257 e. The third-order valence-electron chi connectivity index (χ3n) is 5.28. The van der Waals surface area contributed by atoms with Gasteiger partial charge in [0.1, 0.15) is 5.75 Å². The largest absolute Gasteiger partial charge is 0.496 e. The molecule has 0 bridgehead atoms. The van der Waals surface area contributed by atoms with Gasteiger partial charge in [-0.3, -0.25) is 9.59 Å². The molecule has 0 aromatic heterocycles. The van der Waals surface area contributed by atoms with E-state index in [1.807, 2.05) is 9.80 Å². The highest BCUT2D eigenvalue weighted by Gasteiger charge is 2.29. The van der Waals surface area contributed by atoms with Crippen LogP contribution in [0, 0.1) is 0 Å². The summed E-state index contributed by atoms with van der Waals surface area (Å²) in [4.78, 5) is 29.0. The van der Waals surface area contributed by atoms with Crippen LogP contribution in [0.1, 0.15) is 42.5 Å². The Hall–Kier alpha value is -1.79. The van der Waals surface area contributed by atoms with Gasteiger partial charge in [-0.05, 0) is 43.9 Å². The van der Waals surface area contributed by atoms with E-state index in [1.54, 1.807) is 25.3 Å². The lowest BCUT2D eigenvalue weighted by atomic mass is 10.0. The van der Waals surface area contributed by atoms with Crippen LogP contribution in [0.15, 0.2) is 18.2 Å². The van der Waals surface area contributed by atoms with E-state index in [2.05, 4.69) is 0 Å². The van der Waals surface area contributed by atoms with Gasteiger partial charge in [0.05, 0.1) is 12.7 Å². The van der Waals surface area contributed by atoms with Crippen molar-refractivity contribution in [3.63, 3.8) is 0 Å². The first-order valence-corrected chi connectivity index (χ1v) is 9.98. The second-order valence-corrected chi connectivity index (χ2v) is 7.46. The first-order chi connectivity index (χ1) is 13.1. The lowest BCUT2D eigenvalue weighted by Crippen LogP contribution is -2.44. The fraction of sp³-hybridized carbons (Fsp3) is 0.600. The molecule has 2 aliphatic rings. The van der Waals surface area contributed by atoms with Crippen molar-refractivity contribution in [3.8, 4) is 5.75 Å². The summed E-state index contributed by atoms with van der Waals surface area (Å²) in [5, 5.41) is 0.508. The van der Waals surface area contributed by atoms with Crippen molar-refractivity contribution in [3.05, 3.63) is 28.8 Å². The number of amides is 2. The Morgan fingerprint density at radius 2 is 2.15 bits per heavy atom. The molecule has 6 nitrogen and oxygen atoms in total. The van der Waals surface area contributed by atoms with E-state index in [1.165, 1.54) is 0 Å². The predicted molar refractivity (Wildman–Crippen MR) is 103 cm³/mol. The van der Waals surface area contributed by atoms with Gasteiger partial charge in [-0.2, -0.15) is 0 Å². The fourth-order valence-electron chi connectivity index (χ4n) is 3.82. The Labute approximate surface area is 165 Å². The van der Waals surface area contributed by atoms with Gasteiger partial charge in [-0.15, -0.1) is 0 Å². The number of methoxy groups -OCH3 is 1. The van der Waals surface area contributed by atoms with Crippen LogP contribution in [-0.4, -0.2) is 67.6 Å². The molecule has 7 heteroatoms. The van der Waals surface area contributed by atoms with Crippen LogP contribution in [0.25, 0.3) is 0 Å². The molecule has 0 radical (unpaired) electrons. The Kier molecular flexibility index (Phi) is 6.96. The molecular formula is C20H27ClN2O4. The number of halogens is 1. The van der Waals surface area contributed by atoms with E-state index in [4.69, 9.17) is 21.1 Å². The molecule has 27 heavy (non-hydrogen) atoms. The van der Waals surface area contributed by atoms with Crippen LogP contribution in [0.2, 0.25) is 5.02 Å². The zero-order chi connectivity index (χ0) is 19.2. The molecule has 148 valence electrons. The summed E-state index contributed by atoms with van der Waals surface area (Å²) in [5.41, 5.74) is 0.480. The van der Waals surface area contributed by atoms with Crippen LogP contribution in [0.4, 0.5) is 0 Å². The summed E-state index contributed by atoms with van der Waals surface area (Å²) in [7, 11) is 1.55. The second kappa shape index (κ2) is 9.42. The number of hydrogen-bond donors (Lipinski definition) is 0. The number of carbonyl (C=O) groups is 2. The molecule has 1 aromatic rings. The summed E-state index contributed by atoms with van der Waals surface area (Å²) in [6, 6.07) is 5.23. The highest BCUT2D eigenvalue weighted by atomic mass is 35.5. The number of benzene rings is 1. The molecule has 0 aliphatic carbocycles. The minimum absolute atomic E-state index is 0.0750. The first-order valence-electron chi connectivity index (χ1n) is 9.60. The van der Waals surface area contributed by atoms with E-state index in [-0.39, 0.29) is 17.9 Å². The molecule has 0 N–H and O–H groups in total. The Morgan fingerprint density at radius 3 is 2.81 bits per heavy atom. The molecule has 2 aliphatic heterocycles. The second-order valence-electron chi connectivity index (χ2n) is 7.02. The van der Waals surface area contributed by atoms with Crippen molar-refractivity contribution in [2.24, 2.45) is 0 Å². The Bertz CT molecular complexity index is 676. The minimum Gasteiger partial charge on any atom is -0.496 e. The molecule has 2 heterocycles. The molecule has 2 amide bonds. The summed E-state index contributed by atoms with van der Waals surface area (Å²) in [5.74, 6) is 0.667. The highest BCUT2D eigenvalue weighted by Crippen LogP contribution is 2.26. The topological polar surface area (TPSA) is 59.1 Å². The maximum absolute atomic E-state index is 13.3. The molecular weight excluding hydrogens is 368 g/mol. The average Bonchev–Trinajstić information content (AvgIpc) is 3.10. The van der Waals surface area contributed by atoms with Gasteiger partial charge in [0.25, 0.3) is 5.91 Å². The van der Waals surface area contributed by atoms with Crippen molar-refractivity contribution in [1.29, 1.82) is 0 Å². The Morgan fingerprint density at radius 1 is 1.37 bits per heavy atom. The lowest BCUT2D eigenvalue weighted by Gasteiger charge is -2.35. The number of hydrogen-bond acceptors (Lipinski definition) is 4. The zero-order valence-electron chi connectivity index (χ0n) is 15.8. The molecule has 0 atom stereocenters. The van der Waals surface area contributed by atoms with Gasteiger partial charge in [0.15, 0.2) is 0 Å². The standard InChI is InChI=1S/C20H27ClN2O4/c1-26-18-6-5-15(21)14-17(18)20(25)23(16-7-12-27-13-8-16)11-3-10-22-9-2-4-19(22)24/h5-6,14,16H,2-4,7-13H2,1H3. The molecule has 2 saturated heterocycles. The fourth-order valence-corrected chi connectivity index (χ4v) is 3.99. The van der Waals surface area contributed by atoms with E-state index < -0.39 is 0 Å². The lowest BCUT2D eigenvalue weighted by molar-refractivity contribution is -0.127. The van der Waals surface area contributed by atoms with Crippen LogP contribution < -0.4 is 4.74 Å². The Balaban J connectivity index is 1.73. The van der Waals surface area contributed by atoms with Crippen LogP contribution >= 0.6 is 11.6 Å². The van der Waals surface area contributed by atoms with Gasteiger partial charge in [-0.25, -0.2) is 0 Å². The quantitative estimate of drug-likeness (QED) is 0.713. The summed E-state index contributed by atoms with van der Waals surface area (Å²) < 4.78 is 10.8. The predicted octanol–water partition coefficient (Wildman–Crippen LogP) is 2.98. The van der Waals surface area contributed by atoms with Crippen LogP contribution in [0.3, 0.4) is 0 Å². The molecule has 2 fully saturated rings.